The SMILES string of the molecule is CCOCCCNC(=O)c1ccc(SC)cc1. The van der Waals surface area contributed by atoms with Crippen LogP contribution in [0.4, 0.5) is 0 Å². The number of rotatable bonds is 7. The molecule has 17 heavy (non-hydrogen) atoms. The van der Waals surface area contributed by atoms with Gasteiger partial charge in [0.05, 0.1) is 0 Å². The molecule has 3 nitrogen and oxygen atoms in total. The van der Waals surface area contributed by atoms with E-state index in [-0.39, 0.29) is 5.91 Å². The lowest BCUT2D eigenvalue weighted by Gasteiger charge is -2.05. The molecule has 1 rings (SSSR count). The summed E-state index contributed by atoms with van der Waals surface area (Å²) in [6.45, 7) is 4.04. The molecule has 1 aromatic carbocycles. The maximum Gasteiger partial charge on any atom is 0.251 e. The highest BCUT2D eigenvalue weighted by Crippen LogP contribution is 2.14. The van der Waals surface area contributed by atoms with E-state index in [4.69, 9.17) is 4.74 Å². The van der Waals surface area contributed by atoms with Gasteiger partial charge in [0.1, 0.15) is 0 Å². The fraction of sp³-hybridized carbons (Fsp3) is 0.462. The lowest BCUT2D eigenvalue weighted by atomic mass is 10.2. The van der Waals surface area contributed by atoms with E-state index in [9.17, 15) is 4.79 Å². The Morgan fingerprint density at radius 2 is 2.06 bits per heavy atom. The second-order valence-electron chi connectivity index (χ2n) is 3.53. The molecular weight excluding hydrogens is 234 g/mol. The van der Waals surface area contributed by atoms with Crippen LogP contribution in [0, 0.1) is 0 Å². The van der Waals surface area contributed by atoms with Crippen LogP contribution in [0.25, 0.3) is 0 Å². The molecule has 0 saturated carbocycles. The molecule has 1 aromatic rings. The highest BCUT2D eigenvalue weighted by atomic mass is 32.2. The van der Waals surface area contributed by atoms with Crippen molar-refractivity contribution >= 4 is 17.7 Å². The Morgan fingerprint density at radius 3 is 2.65 bits per heavy atom. The van der Waals surface area contributed by atoms with E-state index in [2.05, 4.69) is 5.32 Å². The number of amides is 1. The monoisotopic (exact) mass is 253 g/mol. The Labute approximate surface area is 107 Å². The largest absolute Gasteiger partial charge is 0.382 e. The number of thioether (sulfide) groups is 1. The van der Waals surface area contributed by atoms with Crippen LogP contribution in [0.5, 0.6) is 0 Å². The highest BCUT2D eigenvalue weighted by molar-refractivity contribution is 7.98. The van der Waals surface area contributed by atoms with Crippen LogP contribution >= 0.6 is 11.8 Å². The summed E-state index contributed by atoms with van der Waals surface area (Å²) in [6.07, 6.45) is 2.87. The normalized spacial score (nSPS) is 10.2. The molecule has 0 fully saturated rings. The van der Waals surface area contributed by atoms with Crippen molar-refractivity contribution in [2.45, 2.75) is 18.2 Å². The lowest BCUT2D eigenvalue weighted by molar-refractivity contribution is 0.0944. The minimum atomic E-state index is -0.0193. The van der Waals surface area contributed by atoms with E-state index >= 15 is 0 Å². The molecule has 1 amide bonds. The van der Waals surface area contributed by atoms with Gasteiger partial charge in [-0.2, -0.15) is 0 Å². The van der Waals surface area contributed by atoms with E-state index in [1.165, 1.54) is 0 Å². The number of hydrogen-bond acceptors (Lipinski definition) is 3. The topological polar surface area (TPSA) is 38.3 Å². The first-order valence-corrected chi connectivity index (χ1v) is 7.00. The first kappa shape index (κ1) is 14.1. The second kappa shape index (κ2) is 8.14. The molecule has 0 saturated heterocycles. The molecular formula is C13H19NO2S. The number of benzene rings is 1. The average molecular weight is 253 g/mol. The van der Waals surface area contributed by atoms with Crippen LogP contribution in [0.1, 0.15) is 23.7 Å². The van der Waals surface area contributed by atoms with Crippen LogP contribution in [0.3, 0.4) is 0 Å². The van der Waals surface area contributed by atoms with Crippen LogP contribution in [-0.4, -0.2) is 31.9 Å². The molecule has 0 heterocycles. The number of carbonyl (C=O) groups excluding carboxylic acids is 1. The molecule has 0 aliphatic heterocycles. The van der Waals surface area contributed by atoms with Gasteiger partial charge in [-0.1, -0.05) is 0 Å². The smallest absolute Gasteiger partial charge is 0.251 e. The molecule has 0 bridgehead atoms. The quantitative estimate of drug-likeness (QED) is 0.599. The molecule has 0 radical (unpaired) electrons. The summed E-state index contributed by atoms with van der Waals surface area (Å²) in [6, 6.07) is 7.62. The predicted octanol–water partition coefficient (Wildman–Crippen LogP) is 2.56. The summed E-state index contributed by atoms with van der Waals surface area (Å²) < 4.78 is 5.20. The number of ether oxygens (including phenoxy) is 1. The van der Waals surface area contributed by atoms with Crippen molar-refractivity contribution in [3.05, 3.63) is 29.8 Å². The first-order chi connectivity index (χ1) is 8.27. The first-order valence-electron chi connectivity index (χ1n) is 5.78. The van der Waals surface area contributed by atoms with Crippen molar-refractivity contribution in [2.24, 2.45) is 0 Å². The van der Waals surface area contributed by atoms with Crippen LogP contribution < -0.4 is 5.32 Å². The van der Waals surface area contributed by atoms with Crippen LogP contribution in [0.15, 0.2) is 29.2 Å². The molecule has 0 atom stereocenters. The molecule has 0 spiro atoms. The fourth-order valence-electron chi connectivity index (χ4n) is 1.36. The van der Waals surface area contributed by atoms with Gasteiger partial charge in [0.25, 0.3) is 5.91 Å². The molecule has 0 unspecified atom stereocenters. The number of nitrogens with one attached hydrogen (secondary N) is 1. The predicted molar refractivity (Wildman–Crippen MR) is 71.7 cm³/mol. The maximum atomic E-state index is 11.7. The highest BCUT2D eigenvalue weighted by Gasteiger charge is 2.03. The van der Waals surface area contributed by atoms with Crippen LogP contribution in [0.2, 0.25) is 0 Å². The Bertz CT molecular complexity index is 338. The van der Waals surface area contributed by atoms with Gasteiger partial charge < -0.3 is 10.1 Å². The zero-order valence-corrected chi connectivity index (χ0v) is 11.2. The third-order valence-electron chi connectivity index (χ3n) is 2.31. The van der Waals surface area contributed by atoms with Gasteiger partial charge in [0.15, 0.2) is 0 Å². The summed E-state index contributed by atoms with van der Waals surface area (Å²) in [7, 11) is 0. The van der Waals surface area contributed by atoms with Crippen molar-refractivity contribution in [1.29, 1.82) is 0 Å². The summed E-state index contributed by atoms with van der Waals surface area (Å²) in [5, 5.41) is 2.87. The zero-order chi connectivity index (χ0) is 12.5. The minimum Gasteiger partial charge on any atom is -0.382 e. The minimum absolute atomic E-state index is 0.0193. The summed E-state index contributed by atoms with van der Waals surface area (Å²) in [4.78, 5) is 12.9. The van der Waals surface area contributed by atoms with E-state index in [1.54, 1.807) is 11.8 Å². The van der Waals surface area contributed by atoms with Crippen molar-refractivity contribution in [3.8, 4) is 0 Å². The van der Waals surface area contributed by atoms with Crippen molar-refractivity contribution in [1.82, 2.24) is 5.32 Å². The molecule has 94 valence electrons. The van der Waals surface area contributed by atoms with Gasteiger partial charge in [0.2, 0.25) is 0 Å². The van der Waals surface area contributed by atoms with Crippen LogP contribution in [-0.2, 0) is 4.74 Å². The van der Waals surface area contributed by atoms with Crippen molar-refractivity contribution in [3.63, 3.8) is 0 Å². The van der Waals surface area contributed by atoms with Gasteiger partial charge in [-0.15, -0.1) is 11.8 Å². The Hall–Kier alpha value is -1.00. The van der Waals surface area contributed by atoms with Crippen molar-refractivity contribution < 1.29 is 9.53 Å². The third-order valence-corrected chi connectivity index (χ3v) is 3.05. The third kappa shape index (κ3) is 5.24. The maximum absolute atomic E-state index is 11.7. The number of hydrogen-bond donors (Lipinski definition) is 1. The molecule has 4 heteroatoms. The summed E-state index contributed by atoms with van der Waals surface area (Å²) in [5.74, 6) is -0.0193. The standard InChI is InChI=1S/C13H19NO2S/c1-3-16-10-4-9-14-13(15)11-5-7-12(17-2)8-6-11/h5-8H,3-4,9-10H2,1-2H3,(H,14,15). The Morgan fingerprint density at radius 1 is 1.35 bits per heavy atom. The lowest BCUT2D eigenvalue weighted by Crippen LogP contribution is -2.25. The number of carbonyl (C=O) groups is 1. The Kier molecular flexibility index (Phi) is 6.74. The summed E-state index contributed by atoms with van der Waals surface area (Å²) in [5.41, 5.74) is 0.708. The molecule has 1 N–H and O–H groups in total. The van der Waals surface area contributed by atoms with Gasteiger partial charge in [0, 0.05) is 30.2 Å². The Balaban J connectivity index is 2.31. The van der Waals surface area contributed by atoms with E-state index in [1.807, 2.05) is 37.4 Å². The van der Waals surface area contributed by atoms with Gasteiger partial charge in [-0.25, -0.2) is 0 Å². The van der Waals surface area contributed by atoms with E-state index in [0.717, 1.165) is 17.9 Å². The van der Waals surface area contributed by atoms with Gasteiger partial charge >= 0.3 is 0 Å². The molecule has 0 aromatic heterocycles. The van der Waals surface area contributed by atoms with Crippen molar-refractivity contribution in [2.75, 3.05) is 26.0 Å². The van der Waals surface area contributed by atoms with E-state index in [0.29, 0.717) is 18.7 Å². The molecule has 0 aliphatic carbocycles. The average Bonchev–Trinajstić information content (AvgIpc) is 2.38. The van der Waals surface area contributed by atoms with Gasteiger partial charge in [-0.05, 0) is 43.9 Å². The fourth-order valence-corrected chi connectivity index (χ4v) is 1.77. The molecule has 0 aliphatic rings. The van der Waals surface area contributed by atoms with E-state index < -0.39 is 0 Å². The van der Waals surface area contributed by atoms with Gasteiger partial charge in [-0.3, -0.25) is 4.79 Å². The zero-order valence-electron chi connectivity index (χ0n) is 10.4. The second-order valence-corrected chi connectivity index (χ2v) is 4.41. The summed E-state index contributed by atoms with van der Waals surface area (Å²) >= 11 is 1.67.